The van der Waals surface area contributed by atoms with E-state index in [-0.39, 0.29) is 18.4 Å². The zero-order valence-electron chi connectivity index (χ0n) is 13.3. The van der Waals surface area contributed by atoms with E-state index in [4.69, 9.17) is 4.74 Å². The largest absolute Gasteiger partial charge is 0.484 e. The third-order valence-corrected chi connectivity index (χ3v) is 3.27. The molecule has 122 valence electrons. The maximum Gasteiger partial charge on any atom is 0.257 e. The van der Waals surface area contributed by atoms with Crippen molar-refractivity contribution in [2.45, 2.75) is 33.3 Å². The maximum absolute atomic E-state index is 11.9. The zero-order chi connectivity index (χ0) is 16.5. The lowest BCUT2D eigenvalue weighted by Gasteiger charge is -2.17. The number of hydrogen-bond donors (Lipinski definition) is 3. The predicted octanol–water partition coefficient (Wildman–Crippen LogP) is 1.55. The Morgan fingerprint density at radius 1 is 1.23 bits per heavy atom. The number of carbonyl (C=O) groups excluding carboxylic acids is 2. The van der Waals surface area contributed by atoms with Gasteiger partial charge in [0.1, 0.15) is 5.75 Å². The molecule has 1 aromatic carbocycles. The average molecular weight is 308 g/mol. The summed E-state index contributed by atoms with van der Waals surface area (Å²) in [6, 6.07) is 6.73. The number of benzene rings is 1. The highest BCUT2D eigenvalue weighted by Gasteiger charge is 2.20. The van der Waals surface area contributed by atoms with E-state index in [0.717, 1.165) is 0 Å². The molecule has 0 heterocycles. The molecule has 1 aromatic rings. The number of amides is 2. The number of aliphatic hydroxyl groups is 1. The number of likely N-dealkylation sites (N-methyl/N-ethyl adjacent to an activating group) is 1. The first kappa shape index (κ1) is 18.0. The van der Waals surface area contributed by atoms with Gasteiger partial charge in [0.15, 0.2) is 6.61 Å². The second kappa shape index (κ2) is 9.04. The van der Waals surface area contributed by atoms with Crippen molar-refractivity contribution < 1.29 is 19.4 Å². The molecule has 22 heavy (non-hydrogen) atoms. The molecule has 0 aliphatic carbocycles. The summed E-state index contributed by atoms with van der Waals surface area (Å²) in [5, 5.41) is 15.0. The highest BCUT2D eigenvalue weighted by Crippen LogP contribution is 2.17. The predicted molar refractivity (Wildman–Crippen MR) is 84.7 cm³/mol. The number of nitrogens with one attached hydrogen (secondary N) is 2. The number of anilines is 1. The summed E-state index contributed by atoms with van der Waals surface area (Å²) in [6.45, 7) is 5.88. The number of carbonyl (C=O) groups is 2. The maximum atomic E-state index is 11.9. The standard InChI is InChI=1S/C16H24N2O4/c1-4-14(19)11(3)16(21)18-12-6-8-13(9-7-12)22-10-15(20)17-5-2/h6-9,11,14,19H,4-5,10H2,1-3H3,(H,17,20)(H,18,21). The first-order valence-corrected chi connectivity index (χ1v) is 7.46. The molecule has 3 N–H and O–H groups in total. The van der Waals surface area contributed by atoms with Crippen LogP contribution in [0.2, 0.25) is 0 Å². The van der Waals surface area contributed by atoms with Crippen LogP contribution in [0.25, 0.3) is 0 Å². The van der Waals surface area contributed by atoms with Crippen molar-refractivity contribution in [3.05, 3.63) is 24.3 Å². The Morgan fingerprint density at radius 3 is 2.41 bits per heavy atom. The SMILES string of the molecule is CCNC(=O)COc1ccc(NC(=O)C(C)C(O)CC)cc1. The molecule has 0 spiro atoms. The van der Waals surface area contributed by atoms with E-state index in [1.165, 1.54) is 0 Å². The molecule has 0 saturated carbocycles. The van der Waals surface area contributed by atoms with E-state index in [0.29, 0.717) is 24.4 Å². The average Bonchev–Trinajstić information content (AvgIpc) is 2.53. The smallest absolute Gasteiger partial charge is 0.257 e. The van der Waals surface area contributed by atoms with Crippen LogP contribution in [-0.4, -0.2) is 36.2 Å². The summed E-state index contributed by atoms with van der Waals surface area (Å²) in [5.74, 6) is -0.336. The Kier molecular flexibility index (Phi) is 7.39. The minimum Gasteiger partial charge on any atom is -0.484 e. The van der Waals surface area contributed by atoms with Gasteiger partial charge < -0.3 is 20.5 Å². The summed E-state index contributed by atoms with van der Waals surface area (Å²) in [6.07, 6.45) is -0.124. The van der Waals surface area contributed by atoms with Crippen LogP contribution in [0.3, 0.4) is 0 Å². The first-order valence-electron chi connectivity index (χ1n) is 7.46. The van der Waals surface area contributed by atoms with Crippen LogP contribution in [0, 0.1) is 5.92 Å². The summed E-state index contributed by atoms with van der Waals surface area (Å²) >= 11 is 0. The fourth-order valence-corrected chi connectivity index (χ4v) is 1.82. The van der Waals surface area contributed by atoms with Crippen LogP contribution in [0.4, 0.5) is 5.69 Å². The molecule has 0 aliphatic heterocycles. The number of rotatable bonds is 8. The Bertz CT molecular complexity index is 487. The van der Waals surface area contributed by atoms with Crippen LogP contribution >= 0.6 is 0 Å². The van der Waals surface area contributed by atoms with E-state index >= 15 is 0 Å². The van der Waals surface area contributed by atoms with Crippen LogP contribution in [0.15, 0.2) is 24.3 Å². The van der Waals surface area contributed by atoms with E-state index in [1.807, 2.05) is 13.8 Å². The van der Waals surface area contributed by atoms with Crippen LogP contribution < -0.4 is 15.4 Å². The number of hydrogen-bond acceptors (Lipinski definition) is 4. The summed E-state index contributed by atoms with van der Waals surface area (Å²) in [7, 11) is 0. The van der Waals surface area contributed by atoms with Crippen molar-refractivity contribution in [2.24, 2.45) is 5.92 Å². The Hall–Kier alpha value is -2.08. The Balaban J connectivity index is 2.51. The van der Waals surface area contributed by atoms with E-state index in [1.54, 1.807) is 31.2 Å². The van der Waals surface area contributed by atoms with Crippen molar-refractivity contribution in [1.29, 1.82) is 0 Å². The van der Waals surface area contributed by atoms with Gasteiger partial charge in [-0.2, -0.15) is 0 Å². The summed E-state index contributed by atoms with van der Waals surface area (Å²) < 4.78 is 5.32. The third-order valence-electron chi connectivity index (χ3n) is 3.27. The molecule has 2 amide bonds. The molecule has 0 radical (unpaired) electrons. The molecule has 0 aromatic heterocycles. The van der Waals surface area contributed by atoms with Gasteiger partial charge in [0, 0.05) is 12.2 Å². The number of ether oxygens (including phenoxy) is 1. The van der Waals surface area contributed by atoms with Crippen molar-refractivity contribution in [2.75, 3.05) is 18.5 Å². The van der Waals surface area contributed by atoms with Crippen molar-refractivity contribution in [3.8, 4) is 5.75 Å². The molecule has 2 unspecified atom stereocenters. The molecular weight excluding hydrogens is 284 g/mol. The minimum atomic E-state index is -0.653. The van der Waals surface area contributed by atoms with Gasteiger partial charge in [-0.15, -0.1) is 0 Å². The monoisotopic (exact) mass is 308 g/mol. The normalized spacial score (nSPS) is 13.1. The number of aliphatic hydroxyl groups excluding tert-OH is 1. The van der Waals surface area contributed by atoms with Gasteiger partial charge in [-0.3, -0.25) is 9.59 Å². The quantitative estimate of drug-likeness (QED) is 0.680. The van der Waals surface area contributed by atoms with Gasteiger partial charge in [-0.1, -0.05) is 13.8 Å². The summed E-state index contributed by atoms with van der Waals surface area (Å²) in [4.78, 5) is 23.2. The second-order valence-corrected chi connectivity index (χ2v) is 5.02. The van der Waals surface area contributed by atoms with Crippen LogP contribution in [-0.2, 0) is 9.59 Å². The van der Waals surface area contributed by atoms with Gasteiger partial charge in [-0.25, -0.2) is 0 Å². The van der Waals surface area contributed by atoms with Gasteiger partial charge >= 0.3 is 0 Å². The molecule has 0 bridgehead atoms. The summed E-state index contributed by atoms with van der Waals surface area (Å²) in [5.41, 5.74) is 0.616. The topological polar surface area (TPSA) is 87.7 Å². The first-order chi connectivity index (χ1) is 10.5. The lowest BCUT2D eigenvalue weighted by atomic mass is 10.0. The van der Waals surface area contributed by atoms with E-state index in [9.17, 15) is 14.7 Å². The highest BCUT2D eigenvalue weighted by molar-refractivity contribution is 5.92. The molecule has 2 atom stereocenters. The minimum absolute atomic E-state index is 0.0424. The van der Waals surface area contributed by atoms with Crippen LogP contribution in [0.5, 0.6) is 5.75 Å². The molecule has 0 aliphatic rings. The second-order valence-electron chi connectivity index (χ2n) is 5.02. The molecule has 1 rings (SSSR count). The van der Waals surface area contributed by atoms with Gasteiger partial charge in [0.05, 0.1) is 12.0 Å². The van der Waals surface area contributed by atoms with Gasteiger partial charge in [0.2, 0.25) is 5.91 Å². The van der Waals surface area contributed by atoms with Gasteiger partial charge in [-0.05, 0) is 37.6 Å². The van der Waals surface area contributed by atoms with E-state index < -0.39 is 12.0 Å². The van der Waals surface area contributed by atoms with Gasteiger partial charge in [0.25, 0.3) is 5.91 Å². The lowest BCUT2D eigenvalue weighted by molar-refractivity contribution is -0.123. The van der Waals surface area contributed by atoms with Crippen LogP contribution in [0.1, 0.15) is 27.2 Å². The third kappa shape index (κ3) is 5.73. The Labute approximate surface area is 130 Å². The van der Waals surface area contributed by atoms with Crippen molar-refractivity contribution in [3.63, 3.8) is 0 Å². The van der Waals surface area contributed by atoms with Crippen molar-refractivity contribution in [1.82, 2.24) is 5.32 Å². The fraction of sp³-hybridized carbons (Fsp3) is 0.500. The Morgan fingerprint density at radius 2 is 1.86 bits per heavy atom. The van der Waals surface area contributed by atoms with Crippen molar-refractivity contribution >= 4 is 17.5 Å². The lowest BCUT2D eigenvalue weighted by Crippen LogP contribution is -2.30. The highest BCUT2D eigenvalue weighted by atomic mass is 16.5. The molecule has 6 heteroatoms. The molecule has 0 saturated heterocycles. The fourth-order valence-electron chi connectivity index (χ4n) is 1.82. The molecular formula is C16H24N2O4. The van der Waals surface area contributed by atoms with E-state index in [2.05, 4.69) is 10.6 Å². The molecule has 0 fully saturated rings. The zero-order valence-corrected chi connectivity index (χ0v) is 13.3. The molecule has 6 nitrogen and oxygen atoms in total.